The lowest BCUT2D eigenvalue weighted by molar-refractivity contribution is 0.0306. The Hall–Kier alpha value is -2.13. The van der Waals surface area contributed by atoms with Crippen molar-refractivity contribution >= 4 is 54.6 Å². The maximum absolute atomic E-state index is 12.8. The summed E-state index contributed by atoms with van der Waals surface area (Å²) in [6.45, 7) is 2.47. The second-order valence-corrected chi connectivity index (χ2v) is 10.6. The molecule has 1 fully saturated rings. The van der Waals surface area contributed by atoms with E-state index in [-0.39, 0.29) is 12.5 Å². The number of benzene rings is 2. The monoisotopic (exact) mass is 464 g/mol. The molecule has 1 aliphatic heterocycles. The van der Waals surface area contributed by atoms with Crippen LogP contribution in [0.5, 0.6) is 0 Å². The lowest BCUT2D eigenvalue weighted by Gasteiger charge is -2.26. The third kappa shape index (κ3) is 4.62. The van der Waals surface area contributed by atoms with Crippen LogP contribution in [-0.2, 0) is 21.3 Å². The number of halogens is 1. The molecule has 0 atom stereocenters. The van der Waals surface area contributed by atoms with Crippen LogP contribution in [-0.4, -0.2) is 51.8 Å². The van der Waals surface area contributed by atoms with E-state index in [1.54, 1.807) is 23.1 Å². The van der Waals surface area contributed by atoms with Crippen LogP contribution in [0.1, 0.15) is 15.2 Å². The lowest BCUT2D eigenvalue weighted by Crippen LogP contribution is -2.40. The Bertz CT molecular complexity index is 1170. The van der Waals surface area contributed by atoms with E-state index < -0.39 is 10.0 Å². The summed E-state index contributed by atoms with van der Waals surface area (Å²) in [4.78, 5) is 15.2. The number of anilines is 1. The van der Waals surface area contributed by atoms with E-state index in [1.165, 1.54) is 21.9 Å². The molecule has 4 rings (SSSR count). The number of sulfonamides is 1. The van der Waals surface area contributed by atoms with Crippen LogP contribution in [0.3, 0.4) is 0 Å². The second-order valence-electron chi connectivity index (χ2n) is 7.13. The Labute approximate surface area is 184 Å². The van der Waals surface area contributed by atoms with Gasteiger partial charge in [-0.25, -0.2) is 8.42 Å². The highest BCUT2D eigenvalue weighted by Gasteiger charge is 2.22. The average Bonchev–Trinajstić information content (AvgIpc) is 3.16. The van der Waals surface area contributed by atoms with Gasteiger partial charge in [0.15, 0.2) is 0 Å². The van der Waals surface area contributed by atoms with Crippen molar-refractivity contribution in [3.05, 3.63) is 64.0 Å². The third-order valence-electron chi connectivity index (χ3n) is 4.94. The Morgan fingerprint density at radius 1 is 1.13 bits per heavy atom. The maximum Gasteiger partial charge on any atom is 0.264 e. The fraction of sp³-hybridized carbons (Fsp3) is 0.286. The number of carbonyl (C=O) groups excluding carboxylic acids is 1. The van der Waals surface area contributed by atoms with Crippen molar-refractivity contribution in [2.24, 2.45) is 0 Å². The van der Waals surface area contributed by atoms with Crippen LogP contribution < -0.4 is 4.31 Å². The van der Waals surface area contributed by atoms with Crippen molar-refractivity contribution in [3.63, 3.8) is 0 Å². The van der Waals surface area contributed by atoms with Crippen LogP contribution in [0, 0.1) is 0 Å². The number of nitrogens with zero attached hydrogens (tertiary/aromatic N) is 2. The molecule has 0 N–H and O–H groups in total. The van der Waals surface area contributed by atoms with E-state index in [9.17, 15) is 13.2 Å². The quantitative estimate of drug-likeness (QED) is 0.572. The van der Waals surface area contributed by atoms with Crippen LogP contribution in [0.2, 0.25) is 5.02 Å². The minimum Gasteiger partial charge on any atom is -0.378 e. The standard InChI is InChI=1S/C21H21ClN2O4S2/c1-30(26,27)24(14-15-2-4-17(22)5-3-15)18-6-7-19-16(12-18)13-20(29-19)21(25)23-8-10-28-11-9-23/h2-7,12-13H,8-11,14H2,1H3. The first kappa shape index (κ1) is 21.1. The molecule has 1 aliphatic rings. The normalized spacial score (nSPS) is 14.8. The molecule has 2 heterocycles. The van der Waals surface area contributed by atoms with Crippen molar-refractivity contribution in [1.82, 2.24) is 4.90 Å². The van der Waals surface area contributed by atoms with Crippen LogP contribution in [0.15, 0.2) is 48.5 Å². The van der Waals surface area contributed by atoms with Gasteiger partial charge in [0.25, 0.3) is 5.91 Å². The van der Waals surface area contributed by atoms with Crippen molar-refractivity contribution < 1.29 is 17.9 Å². The van der Waals surface area contributed by atoms with Crippen molar-refractivity contribution in [2.45, 2.75) is 6.54 Å². The van der Waals surface area contributed by atoms with E-state index in [1.807, 2.05) is 30.3 Å². The maximum atomic E-state index is 12.8. The summed E-state index contributed by atoms with van der Waals surface area (Å²) in [7, 11) is -3.51. The van der Waals surface area contributed by atoms with E-state index in [4.69, 9.17) is 16.3 Å². The van der Waals surface area contributed by atoms with Crippen molar-refractivity contribution in [2.75, 3.05) is 36.9 Å². The highest BCUT2D eigenvalue weighted by atomic mass is 35.5. The average molecular weight is 465 g/mol. The molecule has 0 radical (unpaired) electrons. The van der Waals surface area contributed by atoms with E-state index in [0.717, 1.165) is 15.6 Å². The summed E-state index contributed by atoms with van der Waals surface area (Å²) in [5.74, 6) is -0.0119. The van der Waals surface area contributed by atoms with Gasteiger partial charge in [-0.15, -0.1) is 11.3 Å². The van der Waals surface area contributed by atoms with Crippen LogP contribution in [0.25, 0.3) is 10.1 Å². The largest absolute Gasteiger partial charge is 0.378 e. The molecule has 0 aliphatic carbocycles. The molecule has 2 aromatic carbocycles. The molecule has 3 aromatic rings. The minimum atomic E-state index is -3.51. The number of amides is 1. The number of rotatable bonds is 5. The zero-order valence-electron chi connectivity index (χ0n) is 16.4. The molecule has 1 saturated heterocycles. The van der Waals surface area contributed by atoms with Crippen LogP contribution >= 0.6 is 22.9 Å². The molecule has 0 saturated carbocycles. The number of ether oxygens (including phenoxy) is 1. The molecule has 6 nitrogen and oxygen atoms in total. The summed E-state index contributed by atoms with van der Waals surface area (Å²) in [6.07, 6.45) is 1.19. The van der Waals surface area contributed by atoms with Crippen LogP contribution in [0.4, 0.5) is 5.69 Å². The van der Waals surface area contributed by atoms with Gasteiger partial charge in [0.2, 0.25) is 10.0 Å². The van der Waals surface area contributed by atoms with E-state index in [0.29, 0.717) is 41.9 Å². The molecule has 1 amide bonds. The predicted octanol–water partition coefficient (Wildman–Crippen LogP) is 3.99. The predicted molar refractivity (Wildman–Crippen MR) is 121 cm³/mol. The number of morpholine rings is 1. The molecule has 0 unspecified atom stereocenters. The van der Waals surface area contributed by atoms with E-state index >= 15 is 0 Å². The van der Waals surface area contributed by atoms with Crippen molar-refractivity contribution in [1.29, 1.82) is 0 Å². The molecule has 9 heteroatoms. The van der Waals surface area contributed by atoms with Gasteiger partial charge in [0.1, 0.15) is 0 Å². The lowest BCUT2D eigenvalue weighted by atomic mass is 10.2. The number of thiophene rings is 1. The summed E-state index contributed by atoms with van der Waals surface area (Å²) >= 11 is 7.35. The Morgan fingerprint density at radius 2 is 1.83 bits per heavy atom. The molecule has 0 spiro atoms. The highest BCUT2D eigenvalue weighted by molar-refractivity contribution is 7.92. The van der Waals surface area contributed by atoms with Gasteiger partial charge in [-0.2, -0.15) is 0 Å². The molecular weight excluding hydrogens is 444 g/mol. The number of hydrogen-bond donors (Lipinski definition) is 0. The fourth-order valence-electron chi connectivity index (χ4n) is 3.37. The summed E-state index contributed by atoms with van der Waals surface area (Å²) in [5, 5.41) is 1.45. The number of carbonyl (C=O) groups is 1. The number of fused-ring (bicyclic) bond motifs is 1. The van der Waals surface area contributed by atoms with Gasteiger partial charge in [0.05, 0.1) is 36.6 Å². The highest BCUT2D eigenvalue weighted by Crippen LogP contribution is 2.32. The smallest absolute Gasteiger partial charge is 0.264 e. The Balaban J connectivity index is 1.64. The van der Waals surface area contributed by atoms with Gasteiger partial charge >= 0.3 is 0 Å². The van der Waals surface area contributed by atoms with Gasteiger partial charge in [-0.1, -0.05) is 23.7 Å². The topological polar surface area (TPSA) is 66.9 Å². The molecule has 0 bridgehead atoms. The fourth-order valence-corrected chi connectivity index (χ4v) is 5.39. The SMILES string of the molecule is CS(=O)(=O)N(Cc1ccc(Cl)cc1)c1ccc2sc(C(=O)N3CCOCC3)cc2c1. The molecule has 158 valence electrons. The Kier molecular flexibility index (Phi) is 6.02. The number of hydrogen-bond acceptors (Lipinski definition) is 5. The van der Waals surface area contributed by atoms with E-state index in [2.05, 4.69) is 0 Å². The summed E-state index contributed by atoms with van der Waals surface area (Å²) in [5.41, 5.74) is 1.39. The Morgan fingerprint density at radius 3 is 2.50 bits per heavy atom. The zero-order chi connectivity index (χ0) is 21.3. The molecular formula is C21H21ClN2O4S2. The van der Waals surface area contributed by atoms with Gasteiger partial charge in [-0.05, 0) is 47.3 Å². The van der Waals surface area contributed by atoms with Gasteiger partial charge in [-0.3, -0.25) is 9.10 Å². The summed E-state index contributed by atoms with van der Waals surface area (Å²) < 4.78 is 32.6. The zero-order valence-corrected chi connectivity index (χ0v) is 18.8. The second kappa shape index (κ2) is 8.55. The minimum absolute atomic E-state index is 0.0119. The first-order valence-corrected chi connectivity index (χ1v) is 12.5. The molecule has 1 aromatic heterocycles. The van der Waals surface area contributed by atoms with Gasteiger partial charge < -0.3 is 9.64 Å². The summed E-state index contributed by atoms with van der Waals surface area (Å²) in [6, 6.07) is 14.4. The molecule has 30 heavy (non-hydrogen) atoms. The van der Waals surface area contributed by atoms with Crippen molar-refractivity contribution in [3.8, 4) is 0 Å². The first-order chi connectivity index (χ1) is 14.3. The van der Waals surface area contributed by atoms with Gasteiger partial charge in [0, 0.05) is 22.8 Å². The first-order valence-electron chi connectivity index (χ1n) is 9.44. The third-order valence-corrected chi connectivity index (χ3v) is 7.43.